The summed E-state index contributed by atoms with van der Waals surface area (Å²) in [5.74, 6) is -1.08. The molecule has 21 heteroatoms. The van der Waals surface area contributed by atoms with Crippen LogP contribution in [0.3, 0.4) is 0 Å². The molecule has 8 rings (SSSR count). The number of ether oxygens (including phenoxy) is 3. The van der Waals surface area contributed by atoms with Crippen LogP contribution >= 0.6 is 47.8 Å². The Balaban J connectivity index is 0.000000255. The summed E-state index contributed by atoms with van der Waals surface area (Å²) < 4.78 is 54.9. The Bertz CT molecular complexity index is 2560. The van der Waals surface area contributed by atoms with E-state index in [1.807, 2.05) is 152 Å². The summed E-state index contributed by atoms with van der Waals surface area (Å²) in [6, 6.07) is 22.5. The van der Waals surface area contributed by atoms with Crippen molar-refractivity contribution >= 4 is 111 Å². The first kappa shape index (κ1) is 66.0. The van der Waals surface area contributed by atoms with E-state index in [4.69, 9.17) is 42.1 Å². The van der Waals surface area contributed by atoms with E-state index >= 15 is 0 Å². The van der Waals surface area contributed by atoms with Crippen LogP contribution in [0.1, 0.15) is 149 Å². The van der Waals surface area contributed by atoms with Gasteiger partial charge in [-0.25, -0.2) is 14.4 Å². The van der Waals surface area contributed by atoms with Gasteiger partial charge in [0, 0.05) is 20.6 Å². The molecule has 4 aliphatic rings. The average Bonchev–Trinajstić information content (AvgIpc) is 3.99. The molecule has 0 aromatic heterocycles. The second-order valence-electron chi connectivity index (χ2n) is 20.8. The number of carbonyl (C=O) groups excluding carboxylic acids is 3. The molecule has 0 amide bonds. The van der Waals surface area contributed by atoms with Gasteiger partial charge in [-0.05, 0) is 164 Å². The Morgan fingerprint density at radius 3 is 1.32 bits per heavy atom. The van der Waals surface area contributed by atoms with Gasteiger partial charge in [0.1, 0.15) is 0 Å². The van der Waals surface area contributed by atoms with Gasteiger partial charge >= 0.3 is 46.9 Å². The third-order valence-corrected chi connectivity index (χ3v) is 16.5. The number of methoxy groups -OCH3 is 3. The number of esters is 3. The Labute approximate surface area is 472 Å². The minimum atomic E-state index is -0.728. The van der Waals surface area contributed by atoms with Crippen LogP contribution in [-0.4, -0.2) is 107 Å². The Morgan fingerprint density at radius 2 is 0.907 bits per heavy atom. The van der Waals surface area contributed by atoms with Crippen LogP contribution < -0.4 is 16.4 Å². The van der Waals surface area contributed by atoms with Gasteiger partial charge in [-0.3, -0.25) is 0 Å². The lowest BCUT2D eigenvalue weighted by atomic mass is 9.73. The zero-order valence-electron chi connectivity index (χ0n) is 45.7. The molecule has 0 unspecified atom stereocenters. The summed E-state index contributed by atoms with van der Waals surface area (Å²) in [5, 5.41) is 10.8. The predicted molar refractivity (Wildman–Crippen MR) is 309 cm³/mol. The summed E-state index contributed by atoms with van der Waals surface area (Å²) >= 11 is 10.1. The standard InChI is InChI=1S/C15H20BBrO4.C15H21BO4.C9H9BrO2.C8H8BBrO2.C6H12BO2.CH4/c1-14(2)15(3,4)21-16(20-14)12-10(9-17)7-6-8-11(12)13(18)19-5;1-10-8-7-9-11(13(17)18-6)12(10)16-19-14(2,3)15(4,5)20-16;1-6-4-3-5-7(8(6)10)9(11)12-2;10-4-6-2-1-3-7-5-12-9(11)8(6)7;1-5(2)6(3,4)9-7-8-5;/h6-8H,9H2,1-5H3;7-9H,1-6H3;3-5H,1-2H3;1-3,11H,4-5H2;1-4H3;1H4. The molecule has 3 saturated heterocycles. The van der Waals surface area contributed by atoms with Crippen LogP contribution in [0.25, 0.3) is 0 Å². The van der Waals surface area contributed by atoms with E-state index in [1.54, 1.807) is 18.2 Å². The highest BCUT2D eigenvalue weighted by Crippen LogP contribution is 2.39. The van der Waals surface area contributed by atoms with Crippen LogP contribution in [0.15, 0.2) is 77.3 Å². The molecule has 1 radical (unpaired) electrons. The number of fused-ring (bicyclic) bond motifs is 1. The summed E-state index contributed by atoms with van der Waals surface area (Å²) in [5.41, 5.74) is 6.94. The van der Waals surface area contributed by atoms with Crippen LogP contribution in [0.2, 0.25) is 0 Å². The first-order valence-electron chi connectivity index (χ1n) is 24.0. The van der Waals surface area contributed by atoms with E-state index in [1.165, 1.54) is 29.0 Å². The van der Waals surface area contributed by atoms with Gasteiger partial charge in [-0.15, -0.1) is 0 Å². The fraction of sp³-hybridized carbons (Fsp3) is 0.500. The Morgan fingerprint density at radius 1 is 0.547 bits per heavy atom. The van der Waals surface area contributed by atoms with Crippen molar-refractivity contribution in [1.29, 1.82) is 0 Å². The first-order valence-corrected chi connectivity index (χ1v) is 27.0. The molecule has 4 aliphatic heterocycles. The Hall–Kier alpha value is -3.33. The monoisotopic (exact) mass is 1230 g/mol. The zero-order valence-corrected chi connectivity index (χ0v) is 50.5. The van der Waals surface area contributed by atoms with Crippen LogP contribution in [0, 0.1) is 13.8 Å². The summed E-state index contributed by atoms with van der Waals surface area (Å²) in [4.78, 5) is 35.1. The van der Waals surface area contributed by atoms with Gasteiger partial charge in [-0.1, -0.05) is 99.4 Å². The molecular formula is C54H74B4Br3O14. The maximum atomic E-state index is 12.0. The second kappa shape index (κ2) is 27.0. The normalized spacial score (nSPS) is 18.3. The van der Waals surface area contributed by atoms with Gasteiger partial charge < -0.3 is 51.8 Å². The van der Waals surface area contributed by atoms with E-state index in [0.29, 0.717) is 28.6 Å². The molecule has 407 valence electrons. The van der Waals surface area contributed by atoms with Crippen molar-refractivity contribution in [3.05, 3.63) is 122 Å². The minimum absolute atomic E-state index is 0. The number of hydrogen-bond acceptors (Lipinski definition) is 14. The topological polar surface area (TPSA) is 164 Å². The fourth-order valence-corrected chi connectivity index (χ4v) is 8.84. The number of carbonyl (C=O) groups is 3. The lowest BCUT2D eigenvalue weighted by Crippen LogP contribution is -2.41. The SMILES string of the molecule is C.CC1(C)O[B]OC1(C)C.COC(=O)c1cccc(C)c1B1OC(C)(C)C(C)(C)O1.COC(=O)c1cccc(C)c1Br.COC(=O)c1cccc(CBr)c1B1OC(C)(C)C(C)(C)O1.OB1OCc2cccc(CBr)c21. The van der Waals surface area contributed by atoms with E-state index in [0.717, 1.165) is 54.0 Å². The molecule has 4 aromatic carbocycles. The van der Waals surface area contributed by atoms with Crippen molar-refractivity contribution < 1.29 is 66.2 Å². The van der Waals surface area contributed by atoms with E-state index in [-0.39, 0.29) is 36.5 Å². The molecule has 4 heterocycles. The second-order valence-corrected chi connectivity index (χ2v) is 22.7. The highest BCUT2D eigenvalue weighted by atomic mass is 79.9. The molecule has 4 aromatic rings. The molecule has 0 atom stereocenters. The molecule has 1 N–H and O–H groups in total. The van der Waals surface area contributed by atoms with Crippen LogP contribution in [0.4, 0.5) is 0 Å². The first-order chi connectivity index (χ1) is 34.4. The quantitative estimate of drug-likeness (QED) is 0.0805. The molecule has 0 spiro atoms. The fourth-order valence-electron chi connectivity index (χ4n) is 7.44. The summed E-state index contributed by atoms with van der Waals surface area (Å²) in [7, 11) is 3.66. The zero-order chi connectivity index (χ0) is 55.8. The van der Waals surface area contributed by atoms with Gasteiger partial charge in [-0.2, -0.15) is 0 Å². The largest absolute Gasteiger partial charge is 0.496 e. The van der Waals surface area contributed by atoms with Crippen molar-refractivity contribution in [2.75, 3.05) is 21.3 Å². The van der Waals surface area contributed by atoms with Gasteiger partial charge in [0.15, 0.2) is 0 Å². The third-order valence-electron chi connectivity index (χ3n) is 14.3. The van der Waals surface area contributed by atoms with Crippen LogP contribution in [-0.2, 0) is 64.1 Å². The van der Waals surface area contributed by atoms with E-state index in [9.17, 15) is 19.4 Å². The number of rotatable bonds is 7. The van der Waals surface area contributed by atoms with Gasteiger partial charge in [0.25, 0.3) is 0 Å². The smallest absolute Gasteiger partial charge is 0.465 e. The number of benzene rings is 4. The van der Waals surface area contributed by atoms with E-state index < -0.39 is 43.8 Å². The van der Waals surface area contributed by atoms with E-state index in [2.05, 4.69) is 52.5 Å². The molecular weight excluding hydrogens is 1160 g/mol. The van der Waals surface area contributed by atoms with Crippen molar-refractivity contribution in [1.82, 2.24) is 0 Å². The van der Waals surface area contributed by atoms with Gasteiger partial charge in [0.2, 0.25) is 0 Å². The van der Waals surface area contributed by atoms with Crippen molar-refractivity contribution in [2.24, 2.45) is 0 Å². The van der Waals surface area contributed by atoms with Crippen molar-refractivity contribution in [3.63, 3.8) is 0 Å². The Kier molecular flexibility index (Phi) is 23.8. The maximum Gasteiger partial charge on any atom is 0.496 e. The number of hydrogen-bond donors (Lipinski definition) is 1. The molecule has 0 aliphatic carbocycles. The van der Waals surface area contributed by atoms with Crippen molar-refractivity contribution in [2.45, 2.75) is 155 Å². The van der Waals surface area contributed by atoms with Crippen LogP contribution in [0.5, 0.6) is 0 Å². The number of halogens is 3. The molecule has 3 fully saturated rings. The maximum absolute atomic E-state index is 12.0. The summed E-state index contributed by atoms with van der Waals surface area (Å²) in [6.45, 7) is 28.3. The molecule has 75 heavy (non-hydrogen) atoms. The summed E-state index contributed by atoms with van der Waals surface area (Å²) in [6.07, 6.45) is 0. The lowest BCUT2D eigenvalue weighted by molar-refractivity contribution is 0.00578. The molecule has 0 bridgehead atoms. The molecule has 14 nitrogen and oxygen atoms in total. The van der Waals surface area contributed by atoms with Gasteiger partial charge in [0.05, 0.1) is 78.2 Å². The number of aryl methyl sites for hydroxylation is 2. The predicted octanol–water partition coefficient (Wildman–Crippen LogP) is 9.85. The third kappa shape index (κ3) is 15.5. The lowest BCUT2D eigenvalue weighted by Gasteiger charge is -2.32. The average molecular weight is 1230 g/mol. The highest BCUT2D eigenvalue weighted by molar-refractivity contribution is 9.10. The number of alkyl halides is 2. The van der Waals surface area contributed by atoms with Crippen molar-refractivity contribution in [3.8, 4) is 0 Å². The molecule has 0 saturated carbocycles. The highest BCUT2D eigenvalue weighted by Gasteiger charge is 2.54. The minimum Gasteiger partial charge on any atom is -0.465 e.